The highest BCUT2D eigenvalue weighted by Crippen LogP contribution is 2.33. The molecular formula is C28H29F3N8O3. The number of nitrogens with zero attached hydrogens (tertiary/aromatic N) is 6. The number of carbonyl (C=O) groups is 1. The fraction of sp³-hybridized carbons (Fsp3) is 0.393. The molecule has 4 aromatic rings. The quantitative estimate of drug-likeness (QED) is 0.331. The minimum atomic E-state index is -4.67. The Labute approximate surface area is 237 Å². The third-order valence-electron chi connectivity index (χ3n) is 7.20. The highest BCUT2D eigenvalue weighted by molar-refractivity contribution is 6.11. The molecule has 0 saturated carbocycles. The number of anilines is 1. The summed E-state index contributed by atoms with van der Waals surface area (Å²) in [5.41, 5.74) is 4.96. The zero-order chi connectivity index (χ0) is 30.2. The van der Waals surface area contributed by atoms with Crippen LogP contribution >= 0.6 is 0 Å². The maximum absolute atomic E-state index is 14.1. The summed E-state index contributed by atoms with van der Waals surface area (Å²) in [7, 11) is 1.37. The van der Waals surface area contributed by atoms with Crippen molar-refractivity contribution in [2.24, 2.45) is 12.8 Å². The third kappa shape index (κ3) is 5.47. The zero-order valence-electron chi connectivity index (χ0n) is 23.0. The number of alkyl halides is 3. The minimum absolute atomic E-state index is 0.0491. The van der Waals surface area contributed by atoms with Gasteiger partial charge < -0.3 is 20.5 Å². The summed E-state index contributed by atoms with van der Waals surface area (Å²) in [4.78, 5) is 51.7. The Balaban J connectivity index is 1.77. The van der Waals surface area contributed by atoms with Crippen molar-refractivity contribution in [2.45, 2.75) is 45.1 Å². The van der Waals surface area contributed by atoms with Crippen molar-refractivity contribution >= 4 is 33.7 Å². The van der Waals surface area contributed by atoms with Gasteiger partial charge in [0.15, 0.2) is 0 Å². The van der Waals surface area contributed by atoms with Crippen molar-refractivity contribution in [3.8, 4) is 11.8 Å². The second-order valence-corrected chi connectivity index (χ2v) is 10.1. The van der Waals surface area contributed by atoms with E-state index in [1.165, 1.54) is 11.6 Å². The van der Waals surface area contributed by atoms with E-state index in [4.69, 9.17) is 5.73 Å². The van der Waals surface area contributed by atoms with Gasteiger partial charge in [-0.25, -0.2) is 14.8 Å². The van der Waals surface area contributed by atoms with Crippen LogP contribution in [-0.2, 0) is 20.1 Å². The first-order chi connectivity index (χ1) is 20.0. The molecule has 5 rings (SSSR count). The molecule has 1 aliphatic heterocycles. The van der Waals surface area contributed by atoms with Crippen LogP contribution in [0.25, 0.3) is 21.9 Å². The molecule has 4 heterocycles. The SMILES string of the molecule is CC#CCn1c(N2CCC[C@@H](N)C2)c(C(=O)NCC(F)(F)F)c2c1c(=O)n(Cc1ncc3ccccc3n1)c(=O)n2C. The lowest BCUT2D eigenvalue weighted by molar-refractivity contribution is -0.123. The van der Waals surface area contributed by atoms with Crippen LogP contribution in [0, 0.1) is 11.8 Å². The normalized spacial score (nSPS) is 15.6. The molecule has 1 saturated heterocycles. The molecule has 0 unspecified atom stereocenters. The van der Waals surface area contributed by atoms with Crippen LogP contribution in [0.1, 0.15) is 35.9 Å². The minimum Gasteiger partial charge on any atom is -0.356 e. The summed E-state index contributed by atoms with van der Waals surface area (Å²) >= 11 is 0. The molecule has 220 valence electrons. The van der Waals surface area contributed by atoms with Gasteiger partial charge in [0.25, 0.3) is 11.5 Å². The van der Waals surface area contributed by atoms with Crippen molar-refractivity contribution in [1.82, 2.24) is 29.0 Å². The van der Waals surface area contributed by atoms with Gasteiger partial charge in [-0.15, -0.1) is 5.92 Å². The van der Waals surface area contributed by atoms with E-state index >= 15 is 0 Å². The number of aryl methyl sites for hydroxylation is 1. The molecule has 1 aromatic carbocycles. The van der Waals surface area contributed by atoms with Crippen molar-refractivity contribution in [3.63, 3.8) is 0 Å². The number of piperidine rings is 1. The van der Waals surface area contributed by atoms with Crippen LogP contribution in [0.5, 0.6) is 0 Å². The highest BCUT2D eigenvalue weighted by Gasteiger charge is 2.35. The van der Waals surface area contributed by atoms with Crippen LogP contribution in [0.15, 0.2) is 40.1 Å². The van der Waals surface area contributed by atoms with Crippen molar-refractivity contribution in [1.29, 1.82) is 0 Å². The second-order valence-electron chi connectivity index (χ2n) is 10.1. The summed E-state index contributed by atoms with van der Waals surface area (Å²) in [5, 5.41) is 2.69. The van der Waals surface area contributed by atoms with E-state index in [1.807, 2.05) is 17.4 Å². The smallest absolute Gasteiger partial charge is 0.356 e. The van der Waals surface area contributed by atoms with E-state index in [-0.39, 0.29) is 47.4 Å². The van der Waals surface area contributed by atoms with Gasteiger partial charge in [-0.05, 0) is 25.8 Å². The average Bonchev–Trinajstić information content (AvgIpc) is 3.30. The lowest BCUT2D eigenvalue weighted by atomic mass is 10.1. The summed E-state index contributed by atoms with van der Waals surface area (Å²) in [5.74, 6) is 4.98. The van der Waals surface area contributed by atoms with E-state index in [9.17, 15) is 27.6 Å². The standard InChI is InChI=1S/C28H29F3N8O3/c1-3-4-12-38-23-22(21(24(40)34-16-28(29,30)31)25(38)37-11-7-9-18(32)14-37)36(2)27(42)39(26(23)41)15-20-33-13-17-8-5-6-10-19(17)35-20/h5-6,8,10,13,18H,7,9,11-12,14-16,32H2,1-2H3,(H,34,40)/t18-/m1/s1. The molecule has 1 amide bonds. The Bertz CT molecular complexity index is 1860. The van der Waals surface area contributed by atoms with Crippen molar-refractivity contribution < 1.29 is 18.0 Å². The molecule has 3 N–H and O–H groups in total. The van der Waals surface area contributed by atoms with E-state index in [2.05, 4.69) is 21.8 Å². The zero-order valence-corrected chi connectivity index (χ0v) is 23.0. The molecule has 42 heavy (non-hydrogen) atoms. The van der Waals surface area contributed by atoms with Gasteiger partial charge in [0.05, 0.1) is 24.1 Å². The Morgan fingerprint density at radius 1 is 1.19 bits per heavy atom. The molecule has 1 atom stereocenters. The Morgan fingerprint density at radius 2 is 1.95 bits per heavy atom. The number of nitrogens with one attached hydrogen (secondary N) is 1. The van der Waals surface area contributed by atoms with Crippen molar-refractivity contribution in [2.75, 3.05) is 24.5 Å². The molecule has 3 aromatic heterocycles. The number of benzene rings is 1. The molecule has 0 spiro atoms. The fourth-order valence-electron chi connectivity index (χ4n) is 5.32. The Morgan fingerprint density at radius 3 is 2.67 bits per heavy atom. The molecule has 14 heteroatoms. The topological polar surface area (TPSA) is 133 Å². The van der Waals surface area contributed by atoms with Crippen LogP contribution in [0.3, 0.4) is 0 Å². The lowest BCUT2D eigenvalue weighted by Crippen LogP contribution is -2.44. The summed E-state index contributed by atoms with van der Waals surface area (Å²) in [6, 6.07) is 6.98. The summed E-state index contributed by atoms with van der Waals surface area (Å²) in [6.07, 6.45) is -1.70. The number of fused-ring (bicyclic) bond motifs is 2. The maximum Gasteiger partial charge on any atom is 0.405 e. The number of halogens is 3. The predicted molar refractivity (Wildman–Crippen MR) is 151 cm³/mol. The van der Waals surface area contributed by atoms with Gasteiger partial charge in [0.2, 0.25) is 0 Å². The van der Waals surface area contributed by atoms with E-state index in [1.54, 1.807) is 30.2 Å². The molecule has 0 radical (unpaired) electrons. The predicted octanol–water partition coefficient (Wildman–Crippen LogP) is 1.74. The molecular weight excluding hydrogens is 553 g/mol. The van der Waals surface area contributed by atoms with Crippen LogP contribution < -0.4 is 27.2 Å². The molecule has 0 aliphatic carbocycles. The van der Waals surface area contributed by atoms with Gasteiger partial charge in [0, 0.05) is 37.8 Å². The third-order valence-corrected chi connectivity index (χ3v) is 7.20. The Kier molecular flexibility index (Phi) is 7.79. The van der Waals surface area contributed by atoms with E-state index in [0.717, 1.165) is 20.9 Å². The number of nitrogens with two attached hydrogens (primary N) is 1. The van der Waals surface area contributed by atoms with Gasteiger partial charge in [-0.2, -0.15) is 13.2 Å². The Hall–Kier alpha value is -4.64. The van der Waals surface area contributed by atoms with Crippen LogP contribution in [0.4, 0.5) is 19.0 Å². The van der Waals surface area contributed by atoms with Crippen LogP contribution in [-0.4, -0.2) is 61.4 Å². The number of aromatic nitrogens is 5. The summed E-state index contributed by atoms with van der Waals surface area (Å²) in [6.45, 7) is 0.427. The number of hydrogen-bond donors (Lipinski definition) is 2. The van der Waals surface area contributed by atoms with Gasteiger partial charge in [0.1, 0.15) is 29.3 Å². The first-order valence-corrected chi connectivity index (χ1v) is 13.3. The maximum atomic E-state index is 14.1. The van der Waals surface area contributed by atoms with E-state index in [0.29, 0.717) is 25.0 Å². The van der Waals surface area contributed by atoms with Gasteiger partial charge in [-0.1, -0.05) is 24.1 Å². The monoisotopic (exact) mass is 582 g/mol. The van der Waals surface area contributed by atoms with E-state index < -0.39 is 29.9 Å². The van der Waals surface area contributed by atoms with Gasteiger partial charge >= 0.3 is 11.9 Å². The molecule has 1 fully saturated rings. The lowest BCUT2D eigenvalue weighted by Gasteiger charge is -2.33. The largest absolute Gasteiger partial charge is 0.405 e. The number of hydrogen-bond acceptors (Lipinski definition) is 7. The number of para-hydroxylation sites is 1. The molecule has 0 bridgehead atoms. The number of amides is 1. The second kappa shape index (κ2) is 11.3. The summed E-state index contributed by atoms with van der Waals surface area (Å²) < 4.78 is 42.9. The number of carbonyl (C=O) groups excluding carboxylic acids is 1. The van der Waals surface area contributed by atoms with Crippen molar-refractivity contribution in [3.05, 3.63) is 62.7 Å². The first-order valence-electron chi connectivity index (χ1n) is 13.3. The number of rotatable bonds is 6. The molecule has 11 nitrogen and oxygen atoms in total. The van der Waals surface area contributed by atoms with Crippen LogP contribution in [0.2, 0.25) is 0 Å². The highest BCUT2D eigenvalue weighted by atomic mass is 19.4. The fourth-order valence-corrected chi connectivity index (χ4v) is 5.32. The first kappa shape index (κ1) is 28.9. The average molecular weight is 583 g/mol. The van der Waals surface area contributed by atoms with Gasteiger partial charge in [-0.3, -0.25) is 18.7 Å². The molecule has 1 aliphatic rings.